The molecule has 140 valence electrons. The normalized spacial score (nSPS) is 12.1. The van der Waals surface area contributed by atoms with Crippen LogP contribution in [-0.2, 0) is 4.79 Å². The smallest absolute Gasteiger partial charge is 0.261 e. The van der Waals surface area contributed by atoms with Crippen LogP contribution in [0.15, 0.2) is 73.4 Å². The molecule has 0 fully saturated rings. The third kappa shape index (κ3) is 6.10. The molecule has 0 aliphatic heterocycles. The quantitative estimate of drug-likeness (QED) is 0.594. The number of benzene rings is 1. The fourth-order valence-corrected chi connectivity index (χ4v) is 3.41. The number of nitrogens with one attached hydrogen (secondary N) is 2. The molecule has 0 radical (unpaired) electrons. The summed E-state index contributed by atoms with van der Waals surface area (Å²) in [6.45, 7) is 7.31. The molecular formula is C20H18Cl2N2O2S. The van der Waals surface area contributed by atoms with Crippen LogP contribution in [0.4, 0.5) is 0 Å². The topological polar surface area (TPSA) is 58.2 Å². The molecule has 1 aromatic carbocycles. The van der Waals surface area contributed by atoms with Gasteiger partial charge in [-0.3, -0.25) is 9.59 Å². The Labute approximate surface area is 172 Å². The molecule has 2 N–H and O–H groups in total. The molecule has 0 spiro atoms. The molecule has 0 aliphatic carbocycles. The van der Waals surface area contributed by atoms with Crippen LogP contribution in [0.25, 0.3) is 0 Å². The van der Waals surface area contributed by atoms with Crippen LogP contribution < -0.4 is 10.6 Å². The van der Waals surface area contributed by atoms with Crippen LogP contribution in [-0.4, -0.2) is 18.4 Å². The molecule has 27 heavy (non-hydrogen) atoms. The molecule has 0 bridgehead atoms. The summed E-state index contributed by atoms with van der Waals surface area (Å²) in [4.78, 5) is 24.9. The van der Waals surface area contributed by atoms with Gasteiger partial charge < -0.3 is 10.6 Å². The van der Waals surface area contributed by atoms with Gasteiger partial charge in [0, 0.05) is 5.02 Å². The van der Waals surface area contributed by atoms with E-state index in [2.05, 4.69) is 23.8 Å². The minimum atomic E-state index is -0.446. The van der Waals surface area contributed by atoms with Gasteiger partial charge in [0.05, 0.1) is 21.8 Å². The van der Waals surface area contributed by atoms with Crippen LogP contribution in [0.2, 0.25) is 9.36 Å². The average molecular weight is 421 g/mol. The molecule has 2 aromatic rings. The zero-order chi connectivity index (χ0) is 19.8. The van der Waals surface area contributed by atoms with Gasteiger partial charge in [-0.15, -0.1) is 11.3 Å². The number of thiophene rings is 1. The maximum atomic E-state index is 12.4. The lowest BCUT2D eigenvalue weighted by Gasteiger charge is -2.21. The molecule has 1 unspecified atom stereocenters. The van der Waals surface area contributed by atoms with Crippen molar-refractivity contribution >= 4 is 46.4 Å². The van der Waals surface area contributed by atoms with Gasteiger partial charge in [-0.1, -0.05) is 66.7 Å². The summed E-state index contributed by atoms with van der Waals surface area (Å²) in [6.07, 6.45) is 5.03. The van der Waals surface area contributed by atoms with E-state index in [1.54, 1.807) is 42.5 Å². The second kappa shape index (κ2) is 10.1. The number of allylic oxidation sites excluding steroid dienone is 2. The molecule has 2 rings (SSSR count). The monoisotopic (exact) mass is 420 g/mol. The summed E-state index contributed by atoms with van der Waals surface area (Å²) < 4.78 is 0.512. The number of rotatable bonds is 8. The zero-order valence-electron chi connectivity index (χ0n) is 14.4. The van der Waals surface area contributed by atoms with Crippen molar-refractivity contribution in [3.63, 3.8) is 0 Å². The Hall–Kier alpha value is -2.34. The van der Waals surface area contributed by atoms with Gasteiger partial charge in [0.1, 0.15) is 0 Å². The summed E-state index contributed by atoms with van der Waals surface area (Å²) in [7, 11) is 0. The van der Waals surface area contributed by atoms with Crippen molar-refractivity contribution in [1.29, 1.82) is 0 Å². The van der Waals surface area contributed by atoms with Gasteiger partial charge in [0.15, 0.2) is 0 Å². The third-order valence-corrected chi connectivity index (χ3v) is 5.08. The van der Waals surface area contributed by atoms with Crippen LogP contribution in [0.1, 0.15) is 21.3 Å². The van der Waals surface area contributed by atoms with Crippen molar-refractivity contribution in [3.05, 3.63) is 93.2 Å². The van der Waals surface area contributed by atoms with E-state index in [4.69, 9.17) is 23.2 Å². The van der Waals surface area contributed by atoms with Gasteiger partial charge in [-0.2, -0.15) is 0 Å². The first kappa shape index (κ1) is 21.0. The molecule has 1 atom stereocenters. The first-order valence-electron chi connectivity index (χ1n) is 7.98. The first-order valence-corrected chi connectivity index (χ1v) is 9.55. The maximum Gasteiger partial charge on any atom is 0.261 e. The summed E-state index contributed by atoms with van der Waals surface area (Å²) in [5.74, 6) is -0.696. The molecular weight excluding hydrogens is 403 g/mol. The van der Waals surface area contributed by atoms with E-state index >= 15 is 0 Å². The van der Waals surface area contributed by atoms with Crippen molar-refractivity contribution in [2.24, 2.45) is 0 Å². The lowest BCUT2D eigenvalue weighted by atomic mass is 9.98. The molecule has 0 saturated heterocycles. The Bertz CT molecular complexity index is 872. The van der Waals surface area contributed by atoms with Gasteiger partial charge in [0.2, 0.25) is 5.91 Å². The Morgan fingerprint density at radius 1 is 1.11 bits per heavy atom. The Morgan fingerprint density at radius 2 is 1.81 bits per heavy atom. The maximum absolute atomic E-state index is 12.4. The number of hydrogen-bond acceptors (Lipinski definition) is 3. The minimum absolute atomic E-state index is 0.170. The lowest BCUT2D eigenvalue weighted by Crippen LogP contribution is -2.39. The standard InChI is InChI=1S/C20H18Cl2N2O2S/c1-3-5-13(4-2)19(14-6-8-15(21)9-7-14)24-18(25)12-23-20(26)16-10-11-17(22)27-16/h3-11,19H,1-2,12H2,(H,23,26)(H,24,25)/b13-5+. The lowest BCUT2D eigenvalue weighted by molar-refractivity contribution is -0.120. The number of carbonyl (C=O) groups excluding carboxylic acids is 2. The van der Waals surface area contributed by atoms with E-state index in [1.807, 2.05) is 12.1 Å². The van der Waals surface area contributed by atoms with Gasteiger partial charge in [-0.25, -0.2) is 0 Å². The van der Waals surface area contributed by atoms with Crippen molar-refractivity contribution in [2.45, 2.75) is 6.04 Å². The van der Waals surface area contributed by atoms with Crippen LogP contribution in [0, 0.1) is 0 Å². The molecule has 0 saturated carbocycles. The predicted octanol–water partition coefficient (Wildman–Crippen LogP) is 4.94. The first-order chi connectivity index (χ1) is 12.9. The molecule has 0 aliphatic rings. The number of hydrogen-bond donors (Lipinski definition) is 2. The molecule has 4 nitrogen and oxygen atoms in total. The Kier molecular flexibility index (Phi) is 7.85. The van der Waals surface area contributed by atoms with Crippen molar-refractivity contribution in [2.75, 3.05) is 6.54 Å². The Morgan fingerprint density at radius 3 is 2.37 bits per heavy atom. The summed E-state index contributed by atoms with van der Waals surface area (Å²) in [5, 5.41) is 6.07. The van der Waals surface area contributed by atoms with Crippen molar-refractivity contribution in [3.8, 4) is 0 Å². The van der Waals surface area contributed by atoms with Gasteiger partial charge >= 0.3 is 0 Å². The van der Waals surface area contributed by atoms with Gasteiger partial charge in [0.25, 0.3) is 5.91 Å². The van der Waals surface area contributed by atoms with Crippen LogP contribution in [0.5, 0.6) is 0 Å². The number of amides is 2. The molecule has 2 amide bonds. The van der Waals surface area contributed by atoms with Crippen molar-refractivity contribution < 1.29 is 9.59 Å². The highest BCUT2D eigenvalue weighted by atomic mass is 35.5. The van der Waals surface area contributed by atoms with Gasteiger partial charge in [-0.05, 0) is 35.4 Å². The highest BCUT2D eigenvalue weighted by molar-refractivity contribution is 7.18. The fourth-order valence-electron chi connectivity index (χ4n) is 2.33. The zero-order valence-corrected chi connectivity index (χ0v) is 16.7. The van der Waals surface area contributed by atoms with Crippen molar-refractivity contribution in [1.82, 2.24) is 10.6 Å². The predicted molar refractivity (Wildman–Crippen MR) is 112 cm³/mol. The second-order valence-electron chi connectivity index (χ2n) is 5.45. The summed E-state index contributed by atoms with van der Waals surface area (Å²) >= 11 is 12.9. The number of halogens is 2. The van der Waals surface area contributed by atoms with E-state index in [9.17, 15) is 9.59 Å². The molecule has 1 heterocycles. The molecule has 7 heteroatoms. The van der Waals surface area contributed by atoms with E-state index in [-0.39, 0.29) is 18.4 Å². The highest BCUT2D eigenvalue weighted by Gasteiger charge is 2.18. The van der Waals surface area contributed by atoms with E-state index in [0.29, 0.717) is 14.2 Å². The largest absolute Gasteiger partial charge is 0.344 e. The summed E-state index contributed by atoms with van der Waals surface area (Å²) in [6, 6.07) is 9.92. The molecule has 1 aromatic heterocycles. The number of carbonyl (C=O) groups is 2. The second-order valence-corrected chi connectivity index (χ2v) is 7.60. The van der Waals surface area contributed by atoms with Crippen LogP contribution in [0.3, 0.4) is 0 Å². The van der Waals surface area contributed by atoms with E-state index in [1.165, 1.54) is 0 Å². The minimum Gasteiger partial charge on any atom is -0.344 e. The Balaban J connectivity index is 2.09. The fraction of sp³-hybridized carbons (Fsp3) is 0.100. The average Bonchev–Trinajstić information content (AvgIpc) is 3.10. The summed E-state index contributed by atoms with van der Waals surface area (Å²) in [5.41, 5.74) is 1.59. The SMILES string of the molecule is C=C/C=C(\C=C)C(NC(=O)CNC(=O)c1ccc(Cl)s1)c1ccc(Cl)cc1. The van der Waals surface area contributed by atoms with Crippen LogP contribution >= 0.6 is 34.5 Å². The van der Waals surface area contributed by atoms with E-state index in [0.717, 1.165) is 22.5 Å². The van der Waals surface area contributed by atoms with E-state index < -0.39 is 6.04 Å². The highest BCUT2D eigenvalue weighted by Crippen LogP contribution is 2.24. The third-order valence-electron chi connectivity index (χ3n) is 3.59.